The van der Waals surface area contributed by atoms with Crippen molar-refractivity contribution in [2.24, 2.45) is 0 Å². The van der Waals surface area contributed by atoms with Crippen molar-refractivity contribution in [1.82, 2.24) is 15.2 Å². The monoisotopic (exact) mass is 429 g/mol. The number of aromatic amines is 1. The zero-order valence-corrected chi connectivity index (χ0v) is 18.7. The molecule has 1 aromatic carbocycles. The Labute approximate surface area is 185 Å². The Balaban J connectivity index is 1.24. The Kier molecular flexibility index (Phi) is 9.85. The highest BCUT2D eigenvalue weighted by molar-refractivity contribution is 5.87. The van der Waals surface area contributed by atoms with E-state index in [0.29, 0.717) is 23.0 Å². The predicted octanol–water partition coefficient (Wildman–Crippen LogP) is 4.07. The van der Waals surface area contributed by atoms with Crippen LogP contribution >= 0.6 is 0 Å². The van der Waals surface area contributed by atoms with Crippen molar-refractivity contribution in [3.63, 3.8) is 0 Å². The van der Waals surface area contributed by atoms with E-state index in [4.69, 9.17) is 0 Å². The van der Waals surface area contributed by atoms with Gasteiger partial charge < -0.3 is 25.4 Å². The molecular weight excluding hydrogens is 390 g/mol. The van der Waals surface area contributed by atoms with E-state index in [1.54, 1.807) is 12.1 Å². The largest absolute Gasteiger partial charge is 0.506 e. The molecule has 1 saturated heterocycles. The van der Waals surface area contributed by atoms with Gasteiger partial charge in [-0.2, -0.15) is 0 Å². The highest BCUT2D eigenvalue weighted by Gasteiger charge is 2.13. The van der Waals surface area contributed by atoms with Gasteiger partial charge in [0.05, 0.1) is 11.6 Å². The summed E-state index contributed by atoms with van der Waals surface area (Å²) in [6.45, 7) is 5.25. The number of H-pyrrole nitrogens is 1. The molecule has 0 bridgehead atoms. The molecule has 0 radical (unpaired) electrons. The molecule has 1 aromatic heterocycles. The number of nitrogens with zero attached hydrogens (tertiary/aromatic N) is 1. The third kappa shape index (κ3) is 7.63. The molecule has 3 rings (SSSR count). The van der Waals surface area contributed by atoms with Crippen molar-refractivity contribution in [2.75, 3.05) is 32.7 Å². The Bertz CT molecular complexity index is 846. The number of hydrogen-bond donors (Lipinski definition) is 4. The van der Waals surface area contributed by atoms with E-state index in [2.05, 4.69) is 15.2 Å². The Morgan fingerprint density at radius 1 is 0.935 bits per heavy atom. The number of rotatable bonds is 13. The van der Waals surface area contributed by atoms with Crippen LogP contribution in [0.5, 0.6) is 5.75 Å². The van der Waals surface area contributed by atoms with Gasteiger partial charge in [0.15, 0.2) is 0 Å². The third-order valence-corrected chi connectivity index (χ3v) is 6.38. The summed E-state index contributed by atoms with van der Waals surface area (Å²) in [5.41, 5.74) is 0.815. The average molecular weight is 430 g/mol. The molecular formula is C25H39N3O3. The highest BCUT2D eigenvalue weighted by atomic mass is 16.3. The minimum absolute atomic E-state index is 0.0168. The maximum absolute atomic E-state index is 11.5. The second-order valence-corrected chi connectivity index (χ2v) is 8.88. The minimum atomic E-state index is -0.686. The van der Waals surface area contributed by atoms with Crippen LogP contribution in [0, 0.1) is 0 Å². The smallest absolute Gasteiger partial charge is 0.248 e. The fourth-order valence-electron chi connectivity index (χ4n) is 4.55. The molecule has 2 aromatic rings. The highest BCUT2D eigenvalue weighted by Crippen LogP contribution is 2.28. The molecule has 0 spiro atoms. The number of hydrogen-bond acceptors (Lipinski definition) is 5. The molecule has 0 unspecified atom stereocenters. The maximum Gasteiger partial charge on any atom is 0.248 e. The van der Waals surface area contributed by atoms with E-state index in [-0.39, 0.29) is 11.3 Å². The molecule has 0 saturated carbocycles. The number of benzene rings is 1. The molecule has 6 nitrogen and oxygen atoms in total. The number of unbranched alkanes of at least 4 members (excludes halogenated alkanes) is 6. The molecule has 1 aliphatic heterocycles. The maximum atomic E-state index is 11.5. The summed E-state index contributed by atoms with van der Waals surface area (Å²) in [6.07, 6.45) is 12.5. The van der Waals surface area contributed by atoms with Crippen molar-refractivity contribution in [3.05, 3.63) is 40.2 Å². The first-order valence-corrected chi connectivity index (χ1v) is 12.1. The fourth-order valence-corrected chi connectivity index (χ4v) is 4.55. The fraction of sp³-hybridized carbons (Fsp3) is 0.640. The number of likely N-dealkylation sites (tertiary alicyclic amines) is 1. The van der Waals surface area contributed by atoms with E-state index >= 15 is 0 Å². The summed E-state index contributed by atoms with van der Waals surface area (Å²) < 4.78 is 0. The second-order valence-electron chi connectivity index (χ2n) is 8.88. The summed E-state index contributed by atoms with van der Waals surface area (Å²) in [4.78, 5) is 16.8. The van der Waals surface area contributed by atoms with E-state index in [1.807, 2.05) is 0 Å². The van der Waals surface area contributed by atoms with Crippen molar-refractivity contribution in [1.29, 1.82) is 0 Å². The normalized spacial score (nSPS) is 16.0. The van der Waals surface area contributed by atoms with E-state index < -0.39 is 6.10 Å². The lowest BCUT2D eigenvalue weighted by Gasteiger charge is -2.26. The summed E-state index contributed by atoms with van der Waals surface area (Å²) in [5.74, 6) is 0.0168. The zero-order chi connectivity index (χ0) is 21.9. The second kappa shape index (κ2) is 12.8. The van der Waals surface area contributed by atoms with Gasteiger partial charge in [0.2, 0.25) is 5.56 Å². The summed E-state index contributed by atoms with van der Waals surface area (Å²) in [5, 5.41) is 24.5. The van der Waals surface area contributed by atoms with Crippen LogP contribution in [0.3, 0.4) is 0 Å². The standard InChI is InChI=1S/C25H39N3O3/c29-22-13-11-20(21-12-14-24(31)27-25(21)22)23(30)19-26-15-7-4-2-1-3-5-8-16-28-17-9-6-10-18-28/h11-14,23,26,29-30H,1-10,15-19H2,(H,27,31)/t23-/m0/s1. The predicted molar refractivity (Wildman–Crippen MR) is 127 cm³/mol. The molecule has 1 fully saturated rings. The van der Waals surface area contributed by atoms with Gasteiger partial charge in [0, 0.05) is 18.0 Å². The minimum Gasteiger partial charge on any atom is -0.506 e. The van der Waals surface area contributed by atoms with Crippen LogP contribution < -0.4 is 10.9 Å². The molecule has 2 heterocycles. The lowest BCUT2D eigenvalue weighted by molar-refractivity contribution is 0.176. The Hall–Kier alpha value is -1.89. The van der Waals surface area contributed by atoms with Crippen LogP contribution in [0.2, 0.25) is 0 Å². The van der Waals surface area contributed by atoms with E-state index in [1.165, 1.54) is 89.6 Å². The number of aromatic nitrogens is 1. The van der Waals surface area contributed by atoms with Gasteiger partial charge in [-0.25, -0.2) is 0 Å². The number of phenolic OH excluding ortho intramolecular Hbond substituents is 1. The van der Waals surface area contributed by atoms with Gasteiger partial charge in [0.25, 0.3) is 0 Å². The van der Waals surface area contributed by atoms with Crippen LogP contribution in [0.25, 0.3) is 10.9 Å². The number of pyridine rings is 1. The van der Waals surface area contributed by atoms with Gasteiger partial charge in [-0.05, 0) is 69.6 Å². The number of aliphatic hydroxyl groups excluding tert-OH is 1. The molecule has 4 N–H and O–H groups in total. The number of piperidine rings is 1. The van der Waals surface area contributed by atoms with Crippen molar-refractivity contribution in [2.45, 2.75) is 70.3 Å². The summed E-state index contributed by atoms with van der Waals surface area (Å²) >= 11 is 0. The number of nitrogens with one attached hydrogen (secondary N) is 2. The molecule has 0 amide bonds. The Morgan fingerprint density at radius 3 is 2.42 bits per heavy atom. The van der Waals surface area contributed by atoms with Crippen LogP contribution in [0.15, 0.2) is 29.1 Å². The van der Waals surface area contributed by atoms with Gasteiger partial charge >= 0.3 is 0 Å². The van der Waals surface area contributed by atoms with Crippen molar-refractivity contribution in [3.8, 4) is 5.75 Å². The first kappa shape index (κ1) is 23.8. The van der Waals surface area contributed by atoms with Crippen LogP contribution in [0.4, 0.5) is 0 Å². The topological polar surface area (TPSA) is 88.6 Å². The average Bonchev–Trinajstić information content (AvgIpc) is 2.78. The van der Waals surface area contributed by atoms with E-state index in [9.17, 15) is 15.0 Å². The number of aromatic hydroxyl groups is 1. The lowest BCUT2D eigenvalue weighted by atomic mass is 10.0. The van der Waals surface area contributed by atoms with Gasteiger partial charge in [0.1, 0.15) is 5.75 Å². The van der Waals surface area contributed by atoms with E-state index in [0.717, 1.165) is 13.0 Å². The molecule has 1 aliphatic rings. The van der Waals surface area contributed by atoms with Crippen molar-refractivity contribution < 1.29 is 10.2 Å². The lowest BCUT2D eigenvalue weighted by Crippen LogP contribution is -2.30. The van der Waals surface area contributed by atoms with Crippen LogP contribution in [-0.2, 0) is 0 Å². The first-order chi connectivity index (χ1) is 15.1. The molecule has 31 heavy (non-hydrogen) atoms. The quantitative estimate of drug-likeness (QED) is 0.361. The summed E-state index contributed by atoms with van der Waals surface area (Å²) in [6, 6.07) is 6.30. The molecule has 172 valence electrons. The molecule has 1 atom stereocenters. The molecule has 6 heteroatoms. The number of phenols is 1. The van der Waals surface area contributed by atoms with Crippen molar-refractivity contribution >= 4 is 10.9 Å². The third-order valence-electron chi connectivity index (χ3n) is 6.38. The molecule has 0 aliphatic carbocycles. The number of fused-ring (bicyclic) bond motifs is 1. The number of aliphatic hydroxyl groups is 1. The van der Waals surface area contributed by atoms with Gasteiger partial charge in [-0.15, -0.1) is 0 Å². The van der Waals surface area contributed by atoms with Crippen LogP contribution in [-0.4, -0.2) is 52.8 Å². The zero-order valence-electron chi connectivity index (χ0n) is 18.7. The first-order valence-electron chi connectivity index (χ1n) is 12.1. The van der Waals surface area contributed by atoms with Gasteiger partial charge in [-0.1, -0.05) is 44.6 Å². The SMILES string of the molecule is O=c1ccc2c([C@@H](O)CNCCCCCCCCCN3CCCCC3)ccc(O)c2[nH]1. The summed E-state index contributed by atoms with van der Waals surface area (Å²) in [7, 11) is 0. The van der Waals surface area contributed by atoms with Crippen LogP contribution in [0.1, 0.15) is 75.9 Å². The van der Waals surface area contributed by atoms with Gasteiger partial charge in [-0.3, -0.25) is 4.79 Å². The Morgan fingerprint density at radius 2 is 1.65 bits per heavy atom.